The number of urea groups is 1. The maximum atomic E-state index is 12.4. The van der Waals surface area contributed by atoms with Gasteiger partial charge in [-0.1, -0.05) is 18.2 Å². The first-order chi connectivity index (χ1) is 15.4. The predicted molar refractivity (Wildman–Crippen MR) is 124 cm³/mol. The fraction of sp³-hybridized carbons (Fsp3) is 0.440. The Morgan fingerprint density at radius 1 is 1.00 bits per heavy atom. The molecule has 1 aliphatic rings. The van der Waals surface area contributed by atoms with E-state index in [2.05, 4.69) is 10.6 Å². The Kier molecular flexibility index (Phi) is 7.75. The Bertz CT molecular complexity index is 934. The highest BCUT2D eigenvalue weighted by molar-refractivity contribution is 6.00. The summed E-state index contributed by atoms with van der Waals surface area (Å²) in [4.78, 5) is 24.2. The second-order valence-corrected chi connectivity index (χ2v) is 8.32. The first-order valence-corrected chi connectivity index (χ1v) is 10.8. The number of nitrogens with one attached hydrogen (secondary N) is 2. The number of esters is 1. The number of benzene rings is 2. The molecule has 0 bridgehead atoms. The van der Waals surface area contributed by atoms with E-state index in [4.69, 9.17) is 14.2 Å². The molecule has 7 heteroatoms. The van der Waals surface area contributed by atoms with Crippen LogP contribution in [0.5, 0.6) is 5.75 Å². The third-order valence-corrected chi connectivity index (χ3v) is 6.27. The zero-order valence-electron chi connectivity index (χ0n) is 19.2. The fourth-order valence-electron chi connectivity index (χ4n) is 4.31. The highest BCUT2D eigenvalue weighted by Crippen LogP contribution is 2.41. The van der Waals surface area contributed by atoms with E-state index in [0.29, 0.717) is 23.0 Å². The summed E-state index contributed by atoms with van der Waals surface area (Å²) in [5.41, 5.74) is 3.16. The lowest BCUT2D eigenvalue weighted by Crippen LogP contribution is -2.38. The molecule has 0 atom stereocenters. The van der Waals surface area contributed by atoms with Crippen molar-refractivity contribution in [2.24, 2.45) is 0 Å². The van der Waals surface area contributed by atoms with Crippen molar-refractivity contribution in [1.29, 1.82) is 0 Å². The van der Waals surface area contributed by atoms with Gasteiger partial charge in [0.05, 0.1) is 31.9 Å². The summed E-state index contributed by atoms with van der Waals surface area (Å²) in [5.74, 6) is 0.773. The lowest BCUT2D eigenvalue weighted by atomic mass is 9.74. The maximum Gasteiger partial charge on any atom is 0.323 e. The van der Waals surface area contributed by atoms with Gasteiger partial charge < -0.3 is 24.8 Å². The van der Waals surface area contributed by atoms with E-state index < -0.39 is 5.60 Å². The zero-order valence-corrected chi connectivity index (χ0v) is 19.2. The normalized spacial score (nSPS) is 20.3. The number of anilines is 2. The van der Waals surface area contributed by atoms with Crippen LogP contribution in [0, 0.1) is 6.92 Å². The van der Waals surface area contributed by atoms with Crippen LogP contribution >= 0.6 is 0 Å². The Labute approximate surface area is 189 Å². The maximum absolute atomic E-state index is 12.4. The van der Waals surface area contributed by atoms with Gasteiger partial charge in [-0.15, -0.1) is 0 Å². The van der Waals surface area contributed by atoms with Gasteiger partial charge in [0, 0.05) is 12.8 Å². The Hall–Kier alpha value is -3.06. The van der Waals surface area contributed by atoms with Crippen LogP contribution in [-0.2, 0) is 14.3 Å². The lowest BCUT2D eigenvalue weighted by Gasteiger charge is -2.38. The molecule has 7 nitrogen and oxygen atoms in total. The van der Waals surface area contributed by atoms with Crippen LogP contribution < -0.4 is 15.4 Å². The number of carbonyl (C=O) groups is 2. The van der Waals surface area contributed by atoms with E-state index in [0.717, 1.165) is 31.2 Å². The van der Waals surface area contributed by atoms with Crippen LogP contribution in [0.25, 0.3) is 0 Å². The van der Waals surface area contributed by atoms with Gasteiger partial charge in [0.1, 0.15) is 5.75 Å². The first kappa shape index (κ1) is 23.6. The van der Waals surface area contributed by atoms with Crippen molar-refractivity contribution in [3.8, 4) is 5.75 Å². The van der Waals surface area contributed by atoms with Crippen molar-refractivity contribution in [2.45, 2.75) is 50.5 Å². The van der Waals surface area contributed by atoms with Gasteiger partial charge in [0.15, 0.2) is 0 Å². The Morgan fingerprint density at radius 3 is 2.28 bits per heavy atom. The van der Waals surface area contributed by atoms with Gasteiger partial charge in [0.2, 0.25) is 0 Å². The molecule has 0 radical (unpaired) electrons. The topological polar surface area (TPSA) is 85.9 Å². The van der Waals surface area contributed by atoms with Crippen LogP contribution in [-0.4, -0.2) is 38.9 Å². The van der Waals surface area contributed by atoms with Gasteiger partial charge in [-0.2, -0.15) is 0 Å². The SMILES string of the molecule is COC(=O)CC1(OC)CCC(c2ccc(NC(=O)Nc3cc(C)ccc3OC)cc2)CC1. The number of rotatable bonds is 7. The number of methoxy groups -OCH3 is 3. The molecule has 2 aromatic rings. The minimum atomic E-state index is -0.431. The number of hydrogen-bond donors (Lipinski definition) is 2. The second kappa shape index (κ2) is 10.5. The molecule has 172 valence electrons. The molecule has 3 rings (SSSR count). The van der Waals surface area contributed by atoms with E-state index in [9.17, 15) is 9.59 Å². The minimum absolute atomic E-state index is 0.234. The molecule has 0 saturated heterocycles. The van der Waals surface area contributed by atoms with Gasteiger partial charge >= 0.3 is 12.0 Å². The highest BCUT2D eigenvalue weighted by atomic mass is 16.5. The zero-order chi connectivity index (χ0) is 23.1. The quantitative estimate of drug-likeness (QED) is 0.574. The molecule has 32 heavy (non-hydrogen) atoms. The molecule has 2 N–H and O–H groups in total. The number of carbonyl (C=O) groups excluding carboxylic acids is 2. The Balaban J connectivity index is 1.57. The van der Waals surface area contributed by atoms with E-state index in [1.807, 2.05) is 49.4 Å². The Morgan fingerprint density at radius 2 is 1.69 bits per heavy atom. The molecule has 1 fully saturated rings. The molecule has 0 aliphatic heterocycles. The summed E-state index contributed by atoms with van der Waals surface area (Å²) in [7, 11) is 4.65. The number of hydrogen-bond acceptors (Lipinski definition) is 5. The van der Waals surface area contributed by atoms with E-state index in [1.54, 1.807) is 14.2 Å². The molecule has 0 heterocycles. The van der Waals surface area contributed by atoms with Gasteiger partial charge in [-0.25, -0.2) is 4.79 Å². The summed E-state index contributed by atoms with van der Waals surface area (Å²) in [6.07, 6.45) is 3.78. The average Bonchev–Trinajstić information content (AvgIpc) is 2.80. The van der Waals surface area contributed by atoms with Crippen molar-refractivity contribution in [3.05, 3.63) is 53.6 Å². The molecule has 0 unspecified atom stereocenters. The molecule has 1 saturated carbocycles. The number of aryl methyl sites for hydroxylation is 1. The number of amides is 2. The van der Waals surface area contributed by atoms with E-state index >= 15 is 0 Å². The molecule has 0 aromatic heterocycles. The first-order valence-electron chi connectivity index (χ1n) is 10.8. The van der Waals surface area contributed by atoms with Crippen molar-refractivity contribution in [1.82, 2.24) is 0 Å². The van der Waals surface area contributed by atoms with Crippen LogP contribution in [0.2, 0.25) is 0 Å². The van der Waals surface area contributed by atoms with Crippen LogP contribution in [0.1, 0.15) is 49.1 Å². The molecular formula is C25H32N2O5. The highest BCUT2D eigenvalue weighted by Gasteiger charge is 2.38. The largest absolute Gasteiger partial charge is 0.495 e. The van der Waals surface area contributed by atoms with Crippen LogP contribution in [0.3, 0.4) is 0 Å². The third kappa shape index (κ3) is 5.79. The molecule has 1 aliphatic carbocycles. The number of ether oxygens (including phenoxy) is 3. The van der Waals surface area contributed by atoms with Gasteiger partial charge in [-0.05, 0) is 73.9 Å². The van der Waals surface area contributed by atoms with Crippen molar-refractivity contribution >= 4 is 23.4 Å². The smallest absolute Gasteiger partial charge is 0.323 e. The standard InChI is InChI=1S/C25H32N2O5/c1-17-5-10-22(30-2)21(15-17)27-24(29)26-20-8-6-18(7-9-20)19-11-13-25(32-4,14-12-19)16-23(28)31-3/h5-10,15,19H,11-14,16H2,1-4H3,(H2,26,27,29). The van der Waals surface area contributed by atoms with Crippen LogP contribution in [0.4, 0.5) is 16.2 Å². The average molecular weight is 441 g/mol. The minimum Gasteiger partial charge on any atom is -0.495 e. The van der Waals surface area contributed by atoms with Crippen molar-refractivity contribution in [3.63, 3.8) is 0 Å². The monoisotopic (exact) mass is 440 g/mol. The third-order valence-electron chi connectivity index (χ3n) is 6.27. The summed E-state index contributed by atoms with van der Waals surface area (Å²) < 4.78 is 15.8. The van der Waals surface area contributed by atoms with E-state index in [1.165, 1.54) is 12.7 Å². The summed E-state index contributed by atoms with van der Waals surface area (Å²) in [5, 5.41) is 5.70. The van der Waals surface area contributed by atoms with Gasteiger partial charge in [-0.3, -0.25) is 4.79 Å². The van der Waals surface area contributed by atoms with Crippen LogP contribution in [0.15, 0.2) is 42.5 Å². The molecule has 2 aromatic carbocycles. The molecule has 0 spiro atoms. The molecule has 2 amide bonds. The van der Waals surface area contributed by atoms with Gasteiger partial charge in [0.25, 0.3) is 0 Å². The van der Waals surface area contributed by atoms with Crippen molar-refractivity contribution in [2.75, 3.05) is 32.0 Å². The summed E-state index contributed by atoms with van der Waals surface area (Å²) >= 11 is 0. The lowest BCUT2D eigenvalue weighted by molar-refractivity contribution is -0.149. The summed E-state index contributed by atoms with van der Waals surface area (Å²) in [6, 6.07) is 13.2. The fourth-order valence-corrected chi connectivity index (χ4v) is 4.31. The predicted octanol–water partition coefficient (Wildman–Crippen LogP) is 5.25. The van der Waals surface area contributed by atoms with Crippen molar-refractivity contribution < 1.29 is 23.8 Å². The second-order valence-electron chi connectivity index (χ2n) is 8.32. The van der Waals surface area contributed by atoms with E-state index in [-0.39, 0.29) is 18.4 Å². The summed E-state index contributed by atoms with van der Waals surface area (Å²) in [6.45, 7) is 1.96. The molecular weight excluding hydrogens is 408 g/mol.